The number of carbonyl (C=O) groups is 1. The van der Waals surface area contributed by atoms with Crippen molar-refractivity contribution in [2.45, 2.75) is 40.0 Å². The fraction of sp³-hybridized carbons (Fsp3) is 0.625. The first-order valence-electron chi connectivity index (χ1n) is 7.52. The molecule has 1 aromatic rings. The molecule has 0 saturated carbocycles. The molecule has 0 aliphatic carbocycles. The van der Waals surface area contributed by atoms with Crippen LogP contribution in [0.3, 0.4) is 0 Å². The van der Waals surface area contributed by atoms with Gasteiger partial charge in [-0.3, -0.25) is 4.79 Å². The summed E-state index contributed by atoms with van der Waals surface area (Å²) in [5.74, 6) is 0.843. The zero-order valence-electron chi connectivity index (χ0n) is 12.8. The highest BCUT2D eigenvalue weighted by Gasteiger charge is 2.28. The van der Waals surface area contributed by atoms with Gasteiger partial charge >= 0.3 is 0 Å². The van der Waals surface area contributed by atoms with Crippen LogP contribution in [-0.4, -0.2) is 35.4 Å². The molecule has 1 amide bonds. The summed E-state index contributed by atoms with van der Waals surface area (Å²) in [5, 5.41) is 3.22. The highest BCUT2D eigenvalue weighted by Crippen LogP contribution is 2.30. The van der Waals surface area contributed by atoms with Crippen LogP contribution in [0, 0.1) is 5.41 Å². The van der Waals surface area contributed by atoms with Crippen molar-refractivity contribution in [3.8, 4) is 0 Å². The number of piperidine rings is 1. The lowest BCUT2D eigenvalue weighted by Crippen LogP contribution is -2.41. The molecule has 0 bridgehead atoms. The molecular weight excluding hydrogens is 250 g/mol. The molecule has 1 N–H and O–H groups in total. The number of aromatic nitrogens is 1. The summed E-state index contributed by atoms with van der Waals surface area (Å²) < 4.78 is 0. The second-order valence-electron chi connectivity index (χ2n) is 6.29. The van der Waals surface area contributed by atoms with E-state index in [2.05, 4.69) is 31.1 Å². The van der Waals surface area contributed by atoms with Crippen LogP contribution in [0.1, 0.15) is 50.5 Å². The first-order chi connectivity index (χ1) is 9.52. The molecule has 0 aromatic carbocycles. The van der Waals surface area contributed by atoms with E-state index in [0.717, 1.165) is 44.7 Å². The van der Waals surface area contributed by atoms with Crippen molar-refractivity contribution < 1.29 is 4.79 Å². The Hall–Kier alpha value is -1.58. The highest BCUT2D eigenvalue weighted by atomic mass is 16.2. The average molecular weight is 275 g/mol. The molecule has 1 aromatic heterocycles. The number of rotatable bonds is 4. The van der Waals surface area contributed by atoms with Crippen LogP contribution in [0.2, 0.25) is 0 Å². The van der Waals surface area contributed by atoms with Crippen molar-refractivity contribution in [1.82, 2.24) is 9.88 Å². The minimum Gasteiger partial charge on any atom is -0.370 e. The fourth-order valence-corrected chi connectivity index (χ4v) is 2.38. The third-order valence-electron chi connectivity index (χ3n) is 3.93. The molecule has 2 rings (SSSR count). The van der Waals surface area contributed by atoms with Crippen molar-refractivity contribution in [2.75, 3.05) is 25.0 Å². The fourth-order valence-electron chi connectivity index (χ4n) is 2.38. The van der Waals surface area contributed by atoms with Crippen molar-refractivity contribution in [3.63, 3.8) is 0 Å². The van der Waals surface area contributed by atoms with Crippen LogP contribution in [-0.2, 0) is 0 Å². The molecule has 1 saturated heterocycles. The number of carbonyl (C=O) groups excluding carboxylic acids is 1. The van der Waals surface area contributed by atoms with Crippen molar-refractivity contribution in [2.24, 2.45) is 5.41 Å². The van der Waals surface area contributed by atoms with Crippen LogP contribution in [0.5, 0.6) is 0 Å². The minimum absolute atomic E-state index is 0.0562. The number of hydrogen-bond acceptors (Lipinski definition) is 3. The Morgan fingerprint density at radius 3 is 2.70 bits per heavy atom. The minimum atomic E-state index is 0.0562. The lowest BCUT2D eigenvalue weighted by Gasteiger charge is -2.36. The van der Waals surface area contributed by atoms with Gasteiger partial charge in [-0.25, -0.2) is 4.98 Å². The maximum Gasteiger partial charge on any atom is 0.272 e. The Kier molecular flexibility index (Phi) is 4.63. The number of pyridine rings is 1. The zero-order valence-corrected chi connectivity index (χ0v) is 12.8. The molecule has 2 heterocycles. The molecule has 110 valence electrons. The van der Waals surface area contributed by atoms with Crippen molar-refractivity contribution in [3.05, 3.63) is 23.9 Å². The molecular formula is C16H25N3O. The summed E-state index contributed by atoms with van der Waals surface area (Å²) in [6.45, 7) is 9.19. The van der Waals surface area contributed by atoms with Gasteiger partial charge < -0.3 is 10.2 Å². The van der Waals surface area contributed by atoms with Gasteiger partial charge in [0.15, 0.2) is 0 Å². The summed E-state index contributed by atoms with van der Waals surface area (Å²) in [6, 6.07) is 5.61. The third kappa shape index (κ3) is 3.71. The van der Waals surface area contributed by atoms with Gasteiger partial charge in [0.1, 0.15) is 11.5 Å². The van der Waals surface area contributed by atoms with E-state index in [-0.39, 0.29) is 5.91 Å². The van der Waals surface area contributed by atoms with E-state index in [4.69, 9.17) is 0 Å². The predicted octanol–water partition coefficient (Wildman–Crippen LogP) is 3.17. The highest BCUT2D eigenvalue weighted by molar-refractivity contribution is 5.92. The lowest BCUT2D eigenvalue weighted by molar-refractivity contribution is 0.0624. The van der Waals surface area contributed by atoms with E-state index in [0.29, 0.717) is 11.1 Å². The first kappa shape index (κ1) is 14.8. The summed E-state index contributed by atoms with van der Waals surface area (Å²) in [5.41, 5.74) is 0.903. The van der Waals surface area contributed by atoms with E-state index < -0.39 is 0 Å². The largest absolute Gasteiger partial charge is 0.370 e. The van der Waals surface area contributed by atoms with Crippen LogP contribution in [0.4, 0.5) is 5.82 Å². The number of nitrogens with one attached hydrogen (secondary N) is 1. The van der Waals surface area contributed by atoms with Crippen LogP contribution < -0.4 is 5.32 Å². The molecule has 0 spiro atoms. The quantitative estimate of drug-likeness (QED) is 0.918. The molecule has 4 heteroatoms. The van der Waals surface area contributed by atoms with Gasteiger partial charge in [0, 0.05) is 19.6 Å². The van der Waals surface area contributed by atoms with E-state index in [1.54, 1.807) is 6.07 Å². The monoisotopic (exact) mass is 275 g/mol. The van der Waals surface area contributed by atoms with Gasteiger partial charge in [-0.1, -0.05) is 26.8 Å². The van der Waals surface area contributed by atoms with Gasteiger partial charge in [0.25, 0.3) is 5.91 Å². The average Bonchev–Trinajstić information content (AvgIpc) is 2.45. The van der Waals surface area contributed by atoms with E-state index in [9.17, 15) is 4.79 Å². The molecule has 4 nitrogen and oxygen atoms in total. The molecule has 20 heavy (non-hydrogen) atoms. The van der Waals surface area contributed by atoms with E-state index in [1.165, 1.54) is 0 Å². The van der Waals surface area contributed by atoms with E-state index in [1.807, 2.05) is 17.0 Å². The zero-order chi connectivity index (χ0) is 14.6. The van der Waals surface area contributed by atoms with Gasteiger partial charge in [-0.05, 0) is 36.8 Å². The van der Waals surface area contributed by atoms with Crippen LogP contribution in [0.25, 0.3) is 0 Å². The van der Waals surface area contributed by atoms with Gasteiger partial charge in [0.05, 0.1) is 0 Å². The standard InChI is InChI=1S/C16H25N3O/c1-4-10-17-14-7-5-6-13(18-14)15(20)19-11-8-16(2,3)9-12-19/h5-7H,4,8-12H2,1-3H3,(H,17,18). The first-order valence-corrected chi connectivity index (χ1v) is 7.52. The Labute approximate surface area is 121 Å². The molecule has 1 aliphatic heterocycles. The van der Waals surface area contributed by atoms with Crippen molar-refractivity contribution >= 4 is 11.7 Å². The summed E-state index contributed by atoms with van der Waals surface area (Å²) >= 11 is 0. The molecule has 0 atom stereocenters. The predicted molar refractivity (Wildman–Crippen MR) is 81.9 cm³/mol. The smallest absolute Gasteiger partial charge is 0.272 e. The second kappa shape index (κ2) is 6.25. The Morgan fingerprint density at radius 1 is 1.35 bits per heavy atom. The normalized spacial score (nSPS) is 17.9. The molecule has 1 fully saturated rings. The SMILES string of the molecule is CCCNc1cccc(C(=O)N2CCC(C)(C)CC2)n1. The lowest BCUT2D eigenvalue weighted by atomic mass is 9.82. The number of anilines is 1. The second-order valence-corrected chi connectivity index (χ2v) is 6.29. The Balaban J connectivity index is 2.02. The van der Waals surface area contributed by atoms with Gasteiger partial charge in [-0.15, -0.1) is 0 Å². The Bertz CT molecular complexity index is 461. The molecule has 1 aliphatic rings. The number of nitrogens with zero attached hydrogens (tertiary/aromatic N) is 2. The topological polar surface area (TPSA) is 45.2 Å². The van der Waals surface area contributed by atoms with Gasteiger partial charge in [0.2, 0.25) is 0 Å². The van der Waals surface area contributed by atoms with Gasteiger partial charge in [-0.2, -0.15) is 0 Å². The number of hydrogen-bond donors (Lipinski definition) is 1. The maximum atomic E-state index is 12.5. The maximum absolute atomic E-state index is 12.5. The van der Waals surface area contributed by atoms with Crippen LogP contribution >= 0.6 is 0 Å². The summed E-state index contributed by atoms with van der Waals surface area (Å²) in [6.07, 6.45) is 3.17. The number of amides is 1. The van der Waals surface area contributed by atoms with E-state index >= 15 is 0 Å². The molecule has 0 unspecified atom stereocenters. The molecule has 0 radical (unpaired) electrons. The Morgan fingerprint density at radius 2 is 2.05 bits per heavy atom. The summed E-state index contributed by atoms with van der Waals surface area (Å²) in [7, 11) is 0. The number of likely N-dealkylation sites (tertiary alicyclic amines) is 1. The summed E-state index contributed by atoms with van der Waals surface area (Å²) in [4.78, 5) is 18.8. The van der Waals surface area contributed by atoms with Crippen molar-refractivity contribution in [1.29, 1.82) is 0 Å². The third-order valence-corrected chi connectivity index (χ3v) is 3.93. The van der Waals surface area contributed by atoms with Crippen LogP contribution in [0.15, 0.2) is 18.2 Å².